The van der Waals surface area contributed by atoms with Gasteiger partial charge in [-0.15, -0.1) is 0 Å². The van der Waals surface area contributed by atoms with Crippen molar-refractivity contribution in [3.05, 3.63) is 59.0 Å². The van der Waals surface area contributed by atoms with Crippen LogP contribution in [0.1, 0.15) is 10.6 Å². The van der Waals surface area contributed by atoms with E-state index in [1.807, 2.05) is 5.32 Å². The molecule has 0 spiro atoms. The molecule has 1 N–H and O–H groups in total. The SMILES string of the molecule is O=C(COC(=O)Cn1c(=O)oc2ccccc21)NC(=O)c1ccco1. The normalized spacial score (nSPS) is 10.6. The lowest BCUT2D eigenvalue weighted by molar-refractivity contribution is -0.148. The van der Waals surface area contributed by atoms with Crippen molar-refractivity contribution in [2.24, 2.45) is 0 Å². The van der Waals surface area contributed by atoms with Crippen LogP contribution in [-0.4, -0.2) is 29.0 Å². The molecule has 0 saturated heterocycles. The second-order valence-electron chi connectivity index (χ2n) is 4.94. The first-order chi connectivity index (χ1) is 12.0. The number of para-hydroxylation sites is 2. The minimum absolute atomic E-state index is 0.0453. The monoisotopic (exact) mass is 344 g/mol. The highest BCUT2D eigenvalue weighted by molar-refractivity contribution is 6.03. The number of hydrogen-bond donors (Lipinski definition) is 1. The second kappa shape index (κ2) is 6.87. The molecule has 0 aliphatic carbocycles. The third-order valence-electron chi connectivity index (χ3n) is 3.22. The molecule has 2 amide bonds. The first kappa shape index (κ1) is 16.2. The molecule has 0 fully saturated rings. The number of imide groups is 1. The number of hydrogen-bond acceptors (Lipinski definition) is 7. The van der Waals surface area contributed by atoms with Gasteiger partial charge in [0.25, 0.3) is 11.8 Å². The molecule has 2 aromatic heterocycles. The van der Waals surface area contributed by atoms with Crippen LogP contribution in [-0.2, 0) is 20.9 Å². The van der Waals surface area contributed by atoms with E-state index < -0.39 is 36.7 Å². The molecule has 9 heteroatoms. The number of carbonyl (C=O) groups is 3. The van der Waals surface area contributed by atoms with Gasteiger partial charge in [0.1, 0.15) is 6.54 Å². The van der Waals surface area contributed by atoms with Crippen molar-refractivity contribution in [3.8, 4) is 0 Å². The van der Waals surface area contributed by atoms with Crippen LogP contribution in [0, 0.1) is 0 Å². The highest BCUT2D eigenvalue weighted by atomic mass is 16.5. The zero-order chi connectivity index (χ0) is 17.8. The van der Waals surface area contributed by atoms with Crippen LogP contribution < -0.4 is 11.1 Å². The predicted molar refractivity (Wildman–Crippen MR) is 82.6 cm³/mol. The van der Waals surface area contributed by atoms with Crippen molar-refractivity contribution in [2.75, 3.05) is 6.61 Å². The molecule has 3 aromatic rings. The van der Waals surface area contributed by atoms with Crippen molar-refractivity contribution >= 4 is 28.9 Å². The average Bonchev–Trinajstić information content (AvgIpc) is 3.22. The minimum Gasteiger partial charge on any atom is -0.459 e. The summed E-state index contributed by atoms with van der Waals surface area (Å²) >= 11 is 0. The van der Waals surface area contributed by atoms with Crippen molar-refractivity contribution in [2.45, 2.75) is 6.54 Å². The molecule has 0 unspecified atom stereocenters. The summed E-state index contributed by atoms with van der Waals surface area (Å²) in [5.41, 5.74) is 0.768. The summed E-state index contributed by atoms with van der Waals surface area (Å²) in [7, 11) is 0. The Labute approximate surface area is 139 Å². The Kier molecular flexibility index (Phi) is 4.46. The van der Waals surface area contributed by atoms with Crippen LogP contribution in [0.15, 0.2) is 56.3 Å². The lowest BCUT2D eigenvalue weighted by Crippen LogP contribution is -2.34. The van der Waals surface area contributed by atoms with Gasteiger partial charge in [0.05, 0.1) is 11.8 Å². The van der Waals surface area contributed by atoms with E-state index in [1.54, 1.807) is 24.3 Å². The maximum Gasteiger partial charge on any atom is 0.420 e. The number of oxazole rings is 1. The molecular weight excluding hydrogens is 332 g/mol. The largest absolute Gasteiger partial charge is 0.459 e. The van der Waals surface area contributed by atoms with Gasteiger partial charge < -0.3 is 13.6 Å². The zero-order valence-corrected chi connectivity index (χ0v) is 12.8. The van der Waals surface area contributed by atoms with Gasteiger partial charge in [-0.2, -0.15) is 0 Å². The number of benzene rings is 1. The highest BCUT2D eigenvalue weighted by Gasteiger charge is 2.16. The molecule has 0 atom stereocenters. The van der Waals surface area contributed by atoms with Gasteiger partial charge in [0.2, 0.25) is 0 Å². The first-order valence-corrected chi connectivity index (χ1v) is 7.16. The summed E-state index contributed by atoms with van der Waals surface area (Å²) in [5.74, 6) is -3.15. The fourth-order valence-corrected chi connectivity index (χ4v) is 2.12. The number of nitrogens with zero attached hydrogens (tertiary/aromatic N) is 1. The van der Waals surface area contributed by atoms with Crippen molar-refractivity contribution < 1.29 is 28.0 Å². The fraction of sp³-hybridized carbons (Fsp3) is 0.125. The molecular formula is C16H12N2O7. The average molecular weight is 344 g/mol. The Morgan fingerprint density at radius 2 is 1.92 bits per heavy atom. The Hall–Kier alpha value is -3.62. The number of fused-ring (bicyclic) bond motifs is 1. The predicted octanol–water partition coefficient (Wildman–Crippen LogP) is 0.687. The van der Waals surface area contributed by atoms with Crippen LogP contribution in [0.5, 0.6) is 0 Å². The number of carbonyl (C=O) groups excluding carboxylic acids is 3. The van der Waals surface area contributed by atoms with Gasteiger partial charge in [-0.3, -0.25) is 24.3 Å². The summed E-state index contributed by atoms with van der Waals surface area (Å²) < 4.78 is 15.7. The molecule has 2 heterocycles. The van der Waals surface area contributed by atoms with E-state index in [1.165, 1.54) is 18.4 Å². The van der Waals surface area contributed by atoms with Gasteiger partial charge in [0, 0.05) is 0 Å². The highest BCUT2D eigenvalue weighted by Crippen LogP contribution is 2.11. The smallest absolute Gasteiger partial charge is 0.420 e. The van der Waals surface area contributed by atoms with Gasteiger partial charge in [-0.25, -0.2) is 4.79 Å². The molecule has 9 nitrogen and oxygen atoms in total. The molecule has 3 rings (SSSR count). The number of nitrogens with one attached hydrogen (secondary N) is 1. The lowest BCUT2D eigenvalue weighted by atomic mass is 10.3. The molecule has 0 aliphatic rings. The number of amides is 2. The van der Waals surface area contributed by atoms with Gasteiger partial charge in [-0.05, 0) is 24.3 Å². The summed E-state index contributed by atoms with van der Waals surface area (Å²) in [4.78, 5) is 46.7. The van der Waals surface area contributed by atoms with Crippen LogP contribution in [0.25, 0.3) is 11.1 Å². The molecule has 25 heavy (non-hydrogen) atoms. The zero-order valence-electron chi connectivity index (χ0n) is 12.8. The fourth-order valence-electron chi connectivity index (χ4n) is 2.12. The summed E-state index contributed by atoms with van der Waals surface area (Å²) in [5, 5.41) is 2.00. The number of rotatable bonds is 5. The van der Waals surface area contributed by atoms with E-state index in [2.05, 4.69) is 0 Å². The van der Waals surface area contributed by atoms with E-state index in [9.17, 15) is 19.2 Å². The van der Waals surface area contributed by atoms with Crippen LogP contribution in [0.4, 0.5) is 0 Å². The minimum atomic E-state index is -0.825. The summed E-state index contributed by atoms with van der Waals surface area (Å²) in [6, 6.07) is 9.45. The van der Waals surface area contributed by atoms with E-state index in [0.717, 1.165) is 4.57 Å². The lowest BCUT2D eigenvalue weighted by Gasteiger charge is -2.05. The number of furan rings is 1. The van der Waals surface area contributed by atoms with E-state index in [0.29, 0.717) is 11.1 Å². The van der Waals surface area contributed by atoms with E-state index in [4.69, 9.17) is 13.6 Å². The van der Waals surface area contributed by atoms with Crippen LogP contribution >= 0.6 is 0 Å². The molecule has 0 aliphatic heterocycles. The molecule has 128 valence electrons. The first-order valence-electron chi connectivity index (χ1n) is 7.16. The third kappa shape index (κ3) is 3.66. The van der Waals surface area contributed by atoms with Crippen LogP contribution in [0.2, 0.25) is 0 Å². The number of esters is 1. The number of ether oxygens (including phenoxy) is 1. The maximum atomic E-state index is 11.8. The molecule has 1 aromatic carbocycles. The molecule has 0 radical (unpaired) electrons. The topological polar surface area (TPSA) is 121 Å². The Balaban J connectivity index is 1.56. The van der Waals surface area contributed by atoms with Crippen molar-refractivity contribution in [1.82, 2.24) is 9.88 Å². The van der Waals surface area contributed by atoms with E-state index in [-0.39, 0.29) is 5.76 Å². The van der Waals surface area contributed by atoms with Gasteiger partial charge in [0.15, 0.2) is 18.0 Å². The van der Waals surface area contributed by atoms with Crippen molar-refractivity contribution in [1.29, 1.82) is 0 Å². The summed E-state index contributed by atoms with van der Waals surface area (Å²) in [6.45, 7) is -1.09. The second-order valence-corrected chi connectivity index (χ2v) is 4.94. The van der Waals surface area contributed by atoms with E-state index >= 15 is 0 Å². The maximum absolute atomic E-state index is 11.8. The third-order valence-corrected chi connectivity index (χ3v) is 3.22. The Morgan fingerprint density at radius 1 is 1.12 bits per heavy atom. The van der Waals surface area contributed by atoms with Gasteiger partial charge in [-0.1, -0.05) is 12.1 Å². The summed E-state index contributed by atoms with van der Waals surface area (Å²) in [6.07, 6.45) is 1.28. The Bertz CT molecular complexity index is 982. The molecule has 0 bridgehead atoms. The van der Waals surface area contributed by atoms with Crippen molar-refractivity contribution in [3.63, 3.8) is 0 Å². The van der Waals surface area contributed by atoms with Crippen LogP contribution in [0.3, 0.4) is 0 Å². The standard InChI is InChI=1S/C16H12N2O7/c19-13(17-15(21)12-6-3-7-23-12)9-24-14(20)8-18-10-4-1-2-5-11(10)25-16(18)22/h1-7H,8-9H2,(H,17,19,21). The Morgan fingerprint density at radius 3 is 2.68 bits per heavy atom. The van der Waals surface area contributed by atoms with Gasteiger partial charge >= 0.3 is 11.7 Å². The quantitative estimate of drug-likeness (QED) is 0.676. The number of aromatic nitrogens is 1. The molecule has 0 saturated carbocycles.